The second-order valence-corrected chi connectivity index (χ2v) is 6.93. The lowest BCUT2D eigenvalue weighted by molar-refractivity contribution is -0.137. The molecule has 6 nitrogen and oxygen atoms in total. The van der Waals surface area contributed by atoms with Crippen molar-refractivity contribution in [2.75, 3.05) is 13.1 Å². The monoisotopic (exact) mass is 334 g/mol. The van der Waals surface area contributed by atoms with Gasteiger partial charge in [0, 0.05) is 30.6 Å². The first-order chi connectivity index (χ1) is 11.2. The first-order valence-corrected chi connectivity index (χ1v) is 8.07. The highest BCUT2D eigenvalue weighted by Crippen LogP contribution is 2.11. The fourth-order valence-electron chi connectivity index (χ4n) is 1.93. The van der Waals surface area contributed by atoms with Gasteiger partial charge in [-0.1, -0.05) is 20.8 Å². The van der Waals surface area contributed by atoms with Gasteiger partial charge in [0.2, 0.25) is 0 Å². The molecular formula is C18H26N2O4. The number of amides is 2. The first kappa shape index (κ1) is 19.7. The molecule has 1 rings (SSSR count). The van der Waals surface area contributed by atoms with Crippen LogP contribution in [0.1, 0.15) is 60.7 Å². The average Bonchev–Trinajstić information content (AvgIpc) is 2.51. The molecule has 0 aliphatic rings. The Balaban J connectivity index is 2.44. The van der Waals surface area contributed by atoms with Gasteiger partial charge < -0.3 is 15.7 Å². The Hall–Kier alpha value is -2.37. The quantitative estimate of drug-likeness (QED) is 0.636. The molecule has 0 aliphatic carbocycles. The zero-order valence-corrected chi connectivity index (χ0v) is 14.5. The van der Waals surface area contributed by atoms with Crippen molar-refractivity contribution >= 4 is 17.8 Å². The molecule has 0 radical (unpaired) electrons. The summed E-state index contributed by atoms with van der Waals surface area (Å²) in [6.07, 6.45) is 1.25. The summed E-state index contributed by atoms with van der Waals surface area (Å²) in [6.45, 7) is 7.12. The van der Waals surface area contributed by atoms with E-state index in [0.717, 1.165) is 0 Å². The summed E-state index contributed by atoms with van der Waals surface area (Å²) in [7, 11) is 0. The number of hydrogen-bond acceptors (Lipinski definition) is 3. The van der Waals surface area contributed by atoms with Gasteiger partial charge in [-0.05, 0) is 42.5 Å². The average molecular weight is 334 g/mol. The minimum atomic E-state index is -0.832. The largest absolute Gasteiger partial charge is 0.481 e. The van der Waals surface area contributed by atoms with Gasteiger partial charge in [-0.3, -0.25) is 14.4 Å². The zero-order chi connectivity index (χ0) is 18.2. The van der Waals surface area contributed by atoms with Gasteiger partial charge in [0.1, 0.15) is 0 Å². The fourth-order valence-corrected chi connectivity index (χ4v) is 1.93. The van der Waals surface area contributed by atoms with Crippen molar-refractivity contribution in [2.24, 2.45) is 5.41 Å². The predicted molar refractivity (Wildman–Crippen MR) is 92.1 cm³/mol. The minimum Gasteiger partial charge on any atom is -0.481 e. The van der Waals surface area contributed by atoms with Gasteiger partial charge in [-0.25, -0.2) is 0 Å². The second kappa shape index (κ2) is 9.05. The van der Waals surface area contributed by atoms with Crippen LogP contribution in [-0.2, 0) is 4.79 Å². The number of aliphatic carboxylic acids is 1. The Kier molecular flexibility index (Phi) is 7.42. The number of carbonyl (C=O) groups excluding carboxylic acids is 2. The topological polar surface area (TPSA) is 95.5 Å². The van der Waals surface area contributed by atoms with E-state index in [0.29, 0.717) is 37.1 Å². The molecule has 132 valence electrons. The molecule has 0 heterocycles. The highest BCUT2D eigenvalue weighted by molar-refractivity contribution is 5.97. The molecule has 1 aromatic rings. The summed E-state index contributed by atoms with van der Waals surface area (Å²) in [6, 6.07) is 6.46. The van der Waals surface area contributed by atoms with Crippen LogP contribution in [0.15, 0.2) is 24.3 Å². The van der Waals surface area contributed by atoms with Crippen molar-refractivity contribution in [1.29, 1.82) is 0 Å². The van der Waals surface area contributed by atoms with Crippen LogP contribution >= 0.6 is 0 Å². The van der Waals surface area contributed by atoms with Gasteiger partial charge >= 0.3 is 5.97 Å². The molecule has 6 heteroatoms. The molecule has 1 aromatic carbocycles. The van der Waals surface area contributed by atoms with Gasteiger partial charge in [0.05, 0.1) is 0 Å². The van der Waals surface area contributed by atoms with E-state index in [1.165, 1.54) is 0 Å². The Morgan fingerprint density at radius 2 is 1.42 bits per heavy atom. The third-order valence-corrected chi connectivity index (χ3v) is 3.29. The molecule has 3 N–H and O–H groups in total. The SMILES string of the molecule is CC(C)(C)CNC(=O)c1ccc(C(=O)NCCCCC(=O)O)cc1. The van der Waals surface area contributed by atoms with Crippen LogP contribution in [0, 0.1) is 5.41 Å². The van der Waals surface area contributed by atoms with E-state index in [1.807, 2.05) is 20.8 Å². The molecule has 0 aromatic heterocycles. The van der Waals surface area contributed by atoms with E-state index in [2.05, 4.69) is 10.6 Å². The van der Waals surface area contributed by atoms with Crippen molar-refractivity contribution in [3.05, 3.63) is 35.4 Å². The first-order valence-electron chi connectivity index (χ1n) is 8.07. The molecule has 0 spiro atoms. The second-order valence-electron chi connectivity index (χ2n) is 6.93. The van der Waals surface area contributed by atoms with E-state index in [1.54, 1.807) is 24.3 Å². The lowest BCUT2D eigenvalue weighted by Crippen LogP contribution is -2.32. The number of nitrogens with one attached hydrogen (secondary N) is 2. The van der Waals surface area contributed by atoms with E-state index in [4.69, 9.17) is 5.11 Å². The summed E-state index contributed by atoms with van der Waals surface area (Å²) >= 11 is 0. The third kappa shape index (κ3) is 7.76. The lowest BCUT2D eigenvalue weighted by atomic mass is 9.97. The van der Waals surface area contributed by atoms with Gasteiger partial charge in [0.25, 0.3) is 11.8 Å². The summed E-state index contributed by atoms with van der Waals surface area (Å²) in [5, 5.41) is 14.1. The molecule has 0 aliphatic heterocycles. The van der Waals surface area contributed by atoms with Crippen LogP contribution in [0.2, 0.25) is 0 Å². The lowest BCUT2D eigenvalue weighted by Gasteiger charge is -2.18. The van der Waals surface area contributed by atoms with Crippen molar-refractivity contribution in [3.8, 4) is 0 Å². The van der Waals surface area contributed by atoms with Crippen LogP contribution in [0.4, 0.5) is 0 Å². The minimum absolute atomic E-state index is 0.0100. The van der Waals surface area contributed by atoms with Crippen LogP contribution in [-0.4, -0.2) is 36.0 Å². The smallest absolute Gasteiger partial charge is 0.303 e. The van der Waals surface area contributed by atoms with E-state index >= 15 is 0 Å². The molecule has 0 bridgehead atoms. The van der Waals surface area contributed by atoms with Gasteiger partial charge in [0.15, 0.2) is 0 Å². The number of rotatable bonds is 8. The molecule has 0 saturated heterocycles. The van der Waals surface area contributed by atoms with Crippen LogP contribution in [0.3, 0.4) is 0 Å². The number of benzene rings is 1. The molecule has 0 unspecified atom stereocenters. The summed E-state index contributed by atoms with van der Waals surface area (Å²) in [5.74, 6) is -1.22. The number of carbonyl (C=O) groups is 3. The predicted octanol–water partition coefficient (Wildman–Crippen LogP) is 2.45. The molecule has 24 heavy (non-hydrogen) atoms. The number of carboxylic acids is 1. The summed E-state index contributed by atoms with van der Waals surface area (Å²) < 4.78 is 0. The Morgan fingerprint density at radius 3 is 1.88 bits per heavy atom. The Morgan fingerprint density at radius 1 is 0.917 bits per heavy atom. The van der Waals surface area contributed by atoms with Crippen LogP contribution in [0.5, 0.6) is 0 Å². The zero-order valence-electron chi connectivity index (χ0n) is 14.5. The van der Waals surface area contributed by atoms with E-state index in [9.17, 15) is 14.4 Å². The Labute approximate surface area is 142 Å². The Bertz CT molecular complexity index is 574. The molecule has 2 amide bonds. The van der Waals surface area contributed by atoms with Crippen molar-refractivity contribution in [1.82, 2.24) is 10.6 Å². The molecule has 0 fully saturated rings. The van der Waals surface area contributed by atoms with Gasteiger partial charge in [-0.2, -0.15) is 0 Å². The fraction of sp³-hybridized carbons (Fsp3) is 0.500. The van der Waals surface area contributed by atoms with Crippen LogP contribution < -0.4 is 10.6 Å². The summed E-state index contributed by atoms with van der Waals surface area (Å²) in [4.78, 5) is 34.4. The van der Waals surface area contributed by atoms with Crippen LogP contribution in [0.25, 0.3) is 0 Å². The molecule has 0 atom stereocenters. The van der Waals surface area contributed by atoms with Gasteiger partial charge in [-0.15, -0.1) is 0 Å². The summed E-state index contributed by atoms with van der Waals surface area (Å²) in [5.41, 5.74) is 0.994. The maximum Gasteiger partial charge on any atom is 0.303 e. The van der Waals surface area contributed by atoms with Crippen molar-refractivity contribution in [3.63, 3.8) is 0 Å². The highest BCUT2D eigenvalue weighted by Gasteiger charge is 2.13. The van der Waals surface area contributed by atoms with Crippen molar-refractivity contribution in [2.45, 2.75) is 40.0 Å². The molecular weight excluding hydrogens is 308 g/mol. The number of unbranched alkanes of at least 4 members (excludes halogenated alkanes) is 1. The maximum atomic E-state index is 12.0. The van der Waals surface area contributed by atoms with E-state index in [-0.39, 0.29) is 23.7 Å². The number of carboxylic acid groups (broad SMARTS) is 1. The normalized spacial score (nSPS) is 11.0. The maximum absolute atomic E-state index is 12.0. The van der Waals surface area contributed by atoms with E-state index < -0.39 is 5.97 Å². The number of hydrogen-bond donors (Lipinski definition) is 3. The van der Waals surface area contributed by atoms with Crippen molar-refractivity contribution < 1.29 is 19.5 Å². The third-order valence-electron chi connectivity index (χ3n) is 3.29. The molecule has 0 saturated carbocycles. The standard InChI is InChI=1S/C18H26N2O4/c1-18(2,3)12-20-17(24)14-9-7-13(8-10-14)16(23)19-11-5-4-6-15(21)22/h7-10H,4-6,11-12H2,1-3H3,(H,19,23)(H,20,24)(H,21,22). The highest BCUT2D eigenvalue weighted by atomic mass is 16.4.